The van der Waals surface area contributed by atoms with Crippen LogP contribution in [0.25, 0.3) is 11.0 Å². The highest BCUT2D eigenvalue weighted by Crippen LogP contribution is 2.10. The SMILES string of the molecule is O=C(Nc1ccccn1)c1ccc2cccnc2n1. The number of rotatable bonds is 2. The van der Waals surface area contributed by atoms with Gasteiger partial charge in [0.15, 0.2) is 5.65 Å². The van der Waals surface area contributed by atoms with E-state index in [1.807, 2.05) is 18.2 Å². The van der Waals surface area contributed by atoms with Crippen molar-refractivity contribution in [1.82, 2.24) is 15.0 Å². The van der Waals surface area contributed by atoms with Gasteiger partial charge in [-0.25, -0.2) is 15.0 Å². The van der Waals surface area contributed by atoms with Crippen LogP contribution in [0.5, 0.6) is 0 Å². The lowest BCUT2D eigenvalue weighted by Gasteiger charge is -2.04. The van der Waals surface area contributed by atoms with Gasteiger partial charge in [0.05, 0.1) is 0 Å². The van der Waals surface area contributed by atoms with Gasteiger partial charge in [0, 0.05) is 17.8 Å². The Kier molecular flexibility index (Phi) is 2.86. The van der Waals surface area contributed by atoms with Crippen molar-refractivity contribution < 1.29 is 4.79 Å². The molecule has 0 aliphatic carbocycles. The fraction of sp³-hybridized carbons (Fsp3) is 0. The van der Waals surface area contributed by atoms with Gasteiger partial charge in [-0.3, -0.25) is 4.79 Å². The molecule has 19 heavy (non-hydrogen) atoms. The van der Waals surface area contributed by atoms with Crippen molar-refractivity contribution in [3.8, 4) is 0 Å². The lowest BCUT2D eigenvalue weighted by Crippen LogP contribution is -2.14. The Hall–Kier alpha value is -2.82. The maximum absolute atomic E-state index is 12.0. The number of fused-ring (bicyclic) bond motifs is 1. The highest BCUT2D eigenvalue weighted by molar-refractivity contribution is 6.03. The number of nitrogens with one attached hydrogen (secondary N) is 1. The number of hydrogen-bond acceptors (Lipinski definition) is 4. The molecule has 1 amide bonds. The van der Waals surface area contributed by atoms with Crippen LogP contribution in [0.3, 0.4) is 0 Å². The molecule has 5 nitrogen and oxygen atoms in total. The van der Waals surface area contributed by atoms with Crippen LogP contribution in [0.4, 0.5) is 5.82 Å². The first-order valence-electron chi connectivity index (χ1n) is 5.77. The normalized spacial score (nSPS) is 10.3. The van der Waals surface area contributed by atoms with E-state index in [4.69, 9.17) is 0 Å². The minimum Gasteiger partial charge on any atom is -0.305 e. The minimum absolute atomic E-state index is 0.300. The highest BCUT2D eigenvalue weighted by Gasteiger charge is 2.09. The zero-order chi connectivity index (χ0) is 13.1. The van der Waals surface area contributed by atoms with E-state index in [9.17, 15) is 4.79 Å². The summed E-state index contributed by atoms with van der Waals surface area (Å²) in [6.45, 7) is 0. The van der Waals surface area contributed by atoms with Gasteiger partial charge in [-0.15, -0.1) is 0 Å². The van der Waals surface area contributed by atoms with Crippen LogP contribution in [0, 0.1) is 0 Å². The molecule has 0 unspecified atom stereocenters. The molecule has 1 N–H and O–H groups in total. The molecular formula is C14H10N4O. The topological polar surface area (TPSA) is 67.8 Å². The summed E-state index contributed by atoms with van der Waals surface area (Å²) in [5, 5.41) is 3.58. The molecule has 3 rings (SSSR count). The zero-order valence-electron chi connectivity index (χ0n) is 9.95. The molecule has 3 aromatic heterocycles. The lowest BCUT2D eigenvalue weighted by atomic mass is 10.2. The fourth-order valence-electron chi connectivity index (χ4n) is 1.70. The van der Waals surface area contributed by atoms with E-state index in [1.54, 1.807) is 36.7 Å². The number of carbonyl (C=O) groups excluding carboxylic acids is 1. The second-order valence-corrected chi connectivity index (χ2v) is 3.92. The Morgan fingerprint density at radius 1 is 0.947 bits per heavy atom. The molecule has 0 aromatic carbocycles. The van der Waals surface area contributed by atoms with Crippen molar-refractivity contribution in [1.29, 1.82) is 0 Å². The van der Waals surface area contributed by atoms with Gasteiger partial charge >= 0.3 is 0 Å². The molecular weight excluding hydrogens is 240 g/mol. The maximum Gasteiger partial charge on any atom is 0.275 e. The summed E-state index contributed by atoms with van der Waals surface area (Å²) in [7, 11) is 0. The Morgan fingerprint density at radius 3 is 2.68 bits per heavy atom. The Bertz CT molecular complexity index is 728. The van der Waals surface area contributed by atoms with E-state index in [0.717, 1.165) is 5.39 Å². The number of aromatic nitrogens is 3. The largest absolute Gasteiger partial charge is 0.305 e. The molecule has 0 radical (unpaired) electrons. The van der Waals surface area contributed by atoms with Crippen LogP contribution in [0.2, 0.25) is 0 Å². The fourth-order valence-corrected chi connectivity index (χ4v) is 1.70. The first-order chi connectivity index (χ1) is 9.33. The second kappa shape index (κ2) is 4.81. The first kappa shape index (κ1) is 11.3. The molecule has 0 saturated heterocycles. The third-order valence-corrected chi connectivity index (χ3v) is 2.60. The quantitative estimate of drug-likeness (QED) is 0.757. The summed E-state index contributed by atoms with van der Waals surface area (Å²) in [4.78, 5) is 24.4. The first-order valence-corrected chi connectivity index (χ1v) is 5.77. The third-order valence-electron chi connectivity index (χ3n) is 2.60. The number of pyridine rings is 3. The van der Waals surface area contributed by atoms with Crippen molar-refractivity contribution in [2.75, 3.05) is 5.32 Å². The number of hydrogen-bond donors (Lipinski definition) is 1. The number of carbonyl (C=O) groups is 1. The lowest BCUT2D eigenvalue weighted by molar-refractivity contribution is 0.102. The summed E-state index contributed by atoms with van der Waals surface area (Å²) in [5.74, 6) is 0.196. The van der Waals surface area contributed by atoms with Crippen LogP contribution in [0.1, 0.15) is 10.5 Å². The molecule has 0 atom stereocenters. The van der Waals surface area contributed by atoms with Crippen LogP contribution in [-0.2, 0) is 0 Å². The van der Waals surface area contributed by atoms with Gasteiger partial charge in [0.1, 0.15) is 11.5 Å². The summed E-state index contributed by atoms with van der Waals surface area (Å²) < 4.78 is 0. The summed E-state index contributed by atoms with van der Waals surface area (Å²) in [5.41, 5.74) is 0.869. The summed E-state index contributed by atoms with van der Waals surface area (Å²) in [6, 6.07) is 12.5. The van der Waals surface area contributed by atoms with Crippen LogP contribution in [-0.4, -0.2) is 20.9 Å². The molecule has 92 valence electrons. The maximum atomic E-state index is 12.0. The van der Waals surface area contributed by atoms with E-state index in [0.29, 0.717) is 17.2 Å². The van der Waals surface area contributed by atoms with Crippen molar-refractivity contribution in [2.45, 2.75) is 0 Å². The Balaban J connectivity index is 1.89. The van der Waals surface area contributed by atoms with Gasteiger partial charge < -0.3 is 5.32 Å². The number of amides is 1. The number of nitrogens with zero attached hydrogens (tertiary/aromatic N) is 3. The van der Waals surface area contributed by atoms with E-state index in [1.165, 1.54) is 0 Å². The molecule has 0 aliphatic heterocycles. The Labute approximate surface area is 109 Å². The average molecular weight is 250 g/mol. The summed E-state index contributed by atoms with van der Waals surface area (Å²) >= 11 is 0. The zero-order valence-corrected chi connectivity index (χ0v) is 9.95. The minimum atomic E-state index is -0.300. The molecule has 0 saturated carbocycles. The van der Waals surface area contributed by atoms with Crippen molar-refractivity contribution in [3.05, 3.63) is 60.6 Å². The van der Waals surface area contributed by atoms with Gasteiger partial charge in [-0.05, 0) is 36.4 Å². The molecule has 0 aliphatic rings. The third kappa shape index (κ3) is 2.40. The summed E-state index contributed by atoms with van der Waals surface area (Å²) in [6.07, 6.45) is 3.26. The van der Waals surface area contributed by atoms with Crippen molar-refractivity contribution in [2.24, 2.45) is 0 Å². The monoisotopic (exact) mass is 250 g/mol. The molecule has 0 bridgehead atoms. The molecule has 0 fully saturated rings. The van der Waals surface area contributed by atoms with Crippen LogP contribution in [0.15, 0.2) is 54.9 Å². The molecule has 3 aromatic rings. The smallest absolute Gasteiger partial charge is 0.275 e. The number of anilines is 1. The van der Waals surface area contributed by atoms with Gasteiger partial charge in [-0.1, -0.05) is 6.07 Å². The van der Waals surface area contributed by atoms with E-state index >= 15 is 0 Å². The average Bonchev–Trinajstić information content (AvgIpc) is 2.48. The highest BCUT2D eigenvalue weighted by atomic mass is 16.1. The van der Waals surface area contributed by atoms with E-state index in [2.05, 4.69) is 20.3 Å². The van der Waals surface area contributed by atoms with Gasteiger partial charge in [-0.2, -0.15) is 0 Å². The van der Waals surface area contributed by atoms with Gasteiger partial charge in [0.25, 0.3) is 5.91 Å². The second-order valence-electron chi connectivity index (χ2n) is 3.92. The van der Waals surface area contributed by atoms with Crippen LogP contribution >= 0.6 is 0 Å². The predicted molar refractivity (Wildman–Crippen MR) is 71.7 cm³/mol. The van der Waals surface area contributed by atoms with Gasteiger partial charge in [0.2, 0.25) is 0 Å². The standard InChI is InChI=1S/C14H10N4O/c19-14(18-12-5-1-2-8-15-12)11-7-6-10-4-3-9-16-13(10)17-11/h1-9H,(H,15,18,19). The van der Waals surface area contributed by atoms with E-state index in [-0.39, 0.29) is 5.91 Å². The Morgan fingerprint density at radius 2 is 1.84 bits per heavy atom. The van der Waals surface area contributed by atoms with Crippen molar-refractivity contribution in [3.63, 3.8) is 0 Å². The predicted octanol–water partition coefficient (Wildman–Crippen LogP) is 2.28. The van der Waals surface area contributed by atoms with Crippen molar-refractivity contribution >= 4 is 22.8 Å². The molecule has 0 spiro atoms. The van der Waals surface area contributed by atoms with E-state index < -0.39 is 0 Å². The molecule has 3 heterocycles. The molecule has 5 heteroatoms. The van der Waals surface area contributed by atoms with Crippen LogP contribution < -0.4 is 5.32 Å².